The van der Waals surface area contributed by atoms with E-state index in [9.17, 15) is 24.3 Å². The zero-order chi connectivity index (χ0) is 39.7. The molecule has 54 heavy (non-hydrogen) atoms. The molecule has 1 unspecified atom stereocenters. The molecule has 14 nitrogen and oxygen atoms in total. The predicted octanol–water partition coefficient (Wildman–Crippen LogP) is 3.48. The van der Waals surface area contributed by atoms with E-state index in [1.807, 2.05) is 59.7 Å². The molecule has 3 N–H and O–H groups in total. The zero-order valence-electron chi connectivity index (χ0n) is 33.4. The molecule has 4 heterocycles. The van der Waals surface area contributed by atoms with E-state index in [2.05, 4.69) is 10.6 Å². The van der Waals surface area contributed by atoms with Gasteiger partial charge in [-0.1, -0.05) is 45.9 Å². The molecule has 2 amide bonds. The van der Waals surface area contributed by atoms with Gasteiger partial charge in [0.2, 0.25) is 0 Å². The van der Waals surface area contributed by atoms with Gasteiger partial charge in [-0.3, -0.25) is 14.4 Å². The van der Waals surface area contributed by atoms with Gasteiger partial charge in [-0.2, -0.15) is 0 Å². The molecule has 4 aliphatic rings. The van der Waals surface area contributed by atoms with Gasteiger partial charge in [0.1, 0.15) is 18.0 Å². The Labute approximate surface area is 319 Å². The summed E-state index contributed by atoms with van der Waals surface area (Å²) in [5, 5.41) is 17.5. The molecule has 14 heteroatoms. The van der Waals surface area contributed by atoms with Crippen LogP contribution in [0.25, 0.3) is 0 Å². The Kier molecular flexibility index (Phi) is 13.2. The van der Waals surface area contributed by atoms with E-state index < -0.39 is 89.7 Å². The third-order valence-corrected chi connectivity index (χ3v) is 12.1. The van der Waals surface area contributed by atoms with Crippen molar-refractivity contribution in [3.63, 3.8) is 0 Å². The van der Waals surface area contributed by atoms with E-state index in [0.717, 1.165) is 0 Å². The lowest BCUT2D eigenvalue weighted by Gasteiger charge is -2.48. The minimum atomic E-state index is -1.33. The van der Waals surface area contributed by atoms with Gasteiger partial charge in [0.15, 0.2) is 11.9 Å². The highest BCUT2D eigenvalue weighted by Gasteiger charge is 2.57. The minimum Gasteiger partial charge on any atom is -0.458 e. The summed E-state index contributed by atoms with van der Waals surface area (Å²) in [6.45, 7) is 14.5. The Morgan fingerprint density at radius 1 is 1.04 bits per heavy atom. The first kappa shape index (κ1) is 42.0. The van der Waals surface area contributed by atoms with Gasteiger partial charge >= 0.3 is 12.1 Å². The summed E-state index contributed by atoms with van der Waals surface area (Å²) in [4.78, 5) is 56.9. The number of ketones is 1. The van der Waals surface area contributed by atoms with E-state index in [1.54, 1.807) is 45.0 Å². The maximum Gasteiger partial charge on any atom is 0.408 e. The van der Waals surface area contributed by atoms with Crippen LogP contribution >= 0.6 is 0 Å². The predicted molar refractivity (Wildman–Crippen MR) is 197 cm³/mol. The molecule has 4 saturated heterocycles. The summed E-state index contributed by atoms with van der Waals surface area (Å²) in [5.74, 6) is -3.92. The van der Waals surface area contributed by atoms with Crippen molar-refractivity contribution in [1.29, 1.82) is 0 Å². The molecule has 4 fully saturated rings. The van der Waals surface area contributed by atoms with Gasteiger partial charge in [0.05, 0.1) is 55.1 Å². The van der Waals surface area contributed by atoms with Crippen molar-refractivity contribution in [2.24, 2.45) is 23.7 Å². The summed E-state index contributed by atoms with van der Waals surface area (Å²) >= 11 is 0. The number of benzene rings is 1. The maximum atomic E-state index is 14.5. The van der Waals surface area contributed by atoms with Gasteiger partial charge in [0.25, 0.3) is 5.91 Å². The smallest absolute Gasteiger partial charge is 0.408 e. The second kappa shape index (κ2) is 16.9. The number of hydrogen-bond donors (Lipinski definition) is 3. The number of Topliss-reactive ketones (excluding diaryl/α,β-unsaturated/α-hetero) is 1. The highest BCUT2D eigenvalue weighted by molar-refractivity contribution is 5.94. The van der Waals surface area contributed by atoms with Crippen LogP contribution < -0.4 is 10.6 Å². The second-order valence-corrected chi connectivity index (χ2v) is 16.6. The quantitative estimate of drug-likeness (QED) is 0.362. The molecule has 302 valence electrons. The summed E-state index contributed by atoms with van der Waals surface area (Å²) in [6.07, 6.45) is -4.63. The Balaban J connectivity index is 1.61. The number of esters is 1. The number of carbonyl (C=O) groups is 4. The lowest BCUT2D eigenvalue weighted by atomic mass is 9.73. The summed E-state index contributed by atoms with van der Waals surface area (Å²) in [6, 6.07) is 7.09. The van der Waals surface area contributed by atoms with Crippen LogP contribution in [0.4, 0.5) is 4.79 Å². The third-order valence-electron chi connectivity index (χ3n) is 12.1. The van der Waals surface area contributed by atoms with E-state index in [4.69, 9.17) is 28.4 Å². The molecule has 0 saturated carbocycles. The second-order valence-electron chi connectivity index (χ2n) is 16.6. The molecule has 1 aromatic carbocycles. The van der Waals surface area contributed by atoms with Crippen molar-refractivity contribution >= 4 is 23.8 Å². The highest BCUT2D eigenvalue weighted by atomic mass is 16.7. The molecule has 0 aliphatic carbocycles. The van der Waals surface area contributed by atoms with Crippen LogP contribution in [0.2, 0.25) is 0 Å². The van der Waals surface area contributed by atoms with Crippen LogP contribution in [0.5, 0.6) is 0 Å². The zero-order valence-corrected chi connectivity index (χ0v) is 33.4. The average Bonchev–Trinajstić information content (AvgIpc) is 3.46. The molecule has 4 aliphatic heterocycles. The number of ether oxygens (including phenoxy) is 6. The number of likely N-dealkylation sites (N-methyl/N-ethyl adjacent to an activating group) is 1. The molecular formula is C40H61N3O11. The number of nitrogens with zero attached hydrogens (tertiary/aromatic N) is 1. The first-order chi connectivity index (χ1) is 25.4. The molecule has 15 atom stereocenters. The number of amides is 2. The van der Waals surface area contributed by atoms with Crippen LogP contribution in [-0.2, 0) is 38.0 Å². The van der Waals surface area contributed by atoms with Crippen LogP contribution in [0.3, 0.4) is 0 Å². The topological polar surface area (TPSA) is 171 Å². The Hall–Kier alpha value is -3.14. The number of alkyl carbamates (subject to hydrolysis) is 1. The number of hydrogen-bond acceptors (Lipinski definition) is 12. The average molecular weight is 760 g/mol. The van der Waals surface area contributed by atoms with Crippen LogP contribution in [0.15, 0.2) is 30.3 Å². The number of aliphatic hydroxyl groups is 1. The van der Waals surface area contributed by atoms with Gasteiger partial charge in [-0.25, -0.2) is 4.79 Å². The van der Waals surface area contributed by atoms with E-state index in [-0.39, 0.29) is 43.5 Å². The number of cyclic esters (lactones) is 1. The molecule has 0 radical (unpaired) electrons. The van der Waals surface area contributed by atoms with Crippen molar-refractivity contribution in [2.45, 2.75) is 141 Å². The van der Waals surface area contributed by atoms with Crippen molar-refractivity contribution in [3.8, 4) is 0 Å². The number of aliphatic hydroxyl groups excluding tert-OH is 1. The number of fused-ring (bicyclic) bond motifs is 4. The van der Waals surface area contributed by atoms with Crippen molar-refractivity contribution in [1.82, 2.24) is 15.5 Å². The van der Waals surface area contributed by atoms with Crippen molar-refractivity contribution in [3.05, 3.63) is 35.9 Å². The Morgan fingerprint density at radius 3 is 2.37 bits per heavy atom. The Morgan fingerprint density at radius 2 is 1.72 bits per heavy atom. The molecule has 1 aromatic rings. The van der Waals surface area contributed by atoms with Gasteiger partial charge < -0.3 is 49.1 Å². The van der Waals surface area contributed by atoms with Gasteiger partial charge in [-0.05, 0) is 73.2 Å². The SMILES string of the molecule is CC[C@H]1OC(=O)[C@H](C)[C@H]2OCC(NC(=O)c3ccccc3)CO[C@](C)(C[C@@H](C)C(=O)[C@H](C)[C@@H]3NC(=O)O[C@]13C)[C@H](O[C@@H]1O[C@H](C)C[C@H](N(C)C)[C@H]1O)[C@@H]2C. The lowest BCUT2D eigenvalue weighted by molar-refractivity contribution is -0.302. The van der Waals surface area contributed by atoms with Crippen LogP contribution in [0, 0.1) is 23.7 Å². The summed E-state index contributed by atoms with van der Waals surface area (Å²) in [7, 11) is 3.79. The monoisotopic (exact) mass is 759 g/mol. The fraction of sp³-hybridized carbons (Fsp3) is 0.750. The van der Waals surface area contributed by atoms with E-state index in [0.29, 0.717) is 18.4 Å². The Bertz CT molecular complexity index is 1500. The fourth-order valence-corrected chi connectivity index (χ4v) is 9.07. The number of nitrogens with one attached hydrogen (secondary N) is 2. The van der Waals surface area contributed by atoms with Crippen LogP contribution in [-0.4, -0.2) is 127 Å². The molecule has 2 bridgehead atoms. The molecule has 0 spiro atoms. The van der Waals surface area contributed by atoms with Crippen molar-refractivity contribution in [2.75, 3.05) is 27.3 Å². The molecule has 0 aromatic heterocycles. The lowest BCUT2D eigenvalue weighted by Crippen LogP contribution is -2.60. The molecule has 5 rings (SSSR count). The van der Waals surface area contributed by atoms with E-state index in [1.165, 1.54) is 0 Å². The summed E-state index contributed by atoms with van der Waals surface area (Å²) < 4.78 is 38.7. The highest BCUT2D eigenvalue weighted by Crippen LogP contribution is 2.42. The van der Waals surface area contributed by atoms with E-state index >= 15 is 0 Å². The van der Waals surface area contributed by atoms with Crippen molar-refractivity contribution < 1.29 is 52.7 Å². The van der Waals surface area contributed by atoms with Gasteiger partial charge in [-0.15, -0.1) is 0 Å². The number of carbonyl (C=O) groups excluding carboxylic acids is 4. The fourth-order valence-electron chi connectivity index (χ4n) is 9.07. The largest absolute Gasteiger partial charge is 0.458 e. The first-order valence-corrected chi connectivity index (χ1v) is 19.4. The first-order valence-electron chi connectivity index (χ1n) is 19.4. The minimum absolute atomic E-state index is 0.0136. The number of rotatable bonds is 6. The van der Waals surface area contributed by atoms with Gasteiger partial charge in [0, 0.05) is 29.4 Å². The van der Waals surface area contributed by atoms with Crippen LogP contribution in [0.1, 0.15) is 85.0 Å². The normalized spacial score (nSPS) is 42.4. The standard InChI is InChI=1S/C40H61N3O11/c1-11-29-40(8)33(42-38(48)54-40)23(4)30(44)21(2)18-39(7)34(53-37-31(45)28(43(9)10)17-22(3)51-37)24(5)32(25(6)36(47)52-29)49-19-27(20-50-39)41-35(46)26-15-13-12-14-16-26/h12-16,21-25,27-29,31-34,37,45H,11,17-20H2,1-10H3,(H,41,46)(H,42,48)/t21-,22-,23+,24-,25-,27?,28+,29-,31-,32+,33+,34-,37+,39-,40-/m1/s1. The maximum absolute atomic E-state index is 14.5. The molecular weight excluding hydrogens is 698 g/mol. The third kappa shape index (κ3) is 8.63. The summed E-state index contributed by atoms with van der Waals surface area (Å²) in [5.41, 5.74) is -2.13.